The third-order valence-corrected chi connectivity index (χ3v) is 3.35. The van der Waals surface area contributed by atoms with Gasteiger partial charge in [0, 0.05) is 5.56 Å². The second-order valence-electron chi connectivity index (χ2n) is 5.03. The molecule has 122 valence electrons. The van der Waals surface area contributed by atoms with Crippen molar-refractivity contribution in [1.82, 2.24) is 5.32 Å². The smallest absolute Gasteiger partial charge is 0.275 e. The van der Waals surface area contributed by atoms with Gasteiger partial charge in [0.25, 0.3) is 5.91 Å². The van der Waals surface area contributed by atoms with Crippen LogP contribution in [0.5, 0.6) is 11.5 Å². The molecule has 0 radical (unpaired) electrons. The van der Waals surface area contributed by atoms with Gasteiger partial charge >= 0.3 is 0 Å². The summed E-state index contributed by atoms with van der Waals surface area (Å²) < 4.78 is 24.1. The molecule has 0 bridgehead atoms. The van der Waals surface area contributed by atoms with Crippen LogP contribution in [0.4, 0.5) is 4.39 Å². The molecule has 0 saturated heterocycles. The van der Waals surface area contributed by atoms with E-state index in [2.05, 4.69) is 10.3 Å². The van der Waals surface area contributed by atoms with Crippen molar-refractivity contribution in [3.05, 3.63) is 65.6 Å². The van der Waals surface area contributed by atoms with Crippen molar-refractivity contribution >= 4 is 17.8 Å². The molecule has 0 atom stereocenters. The first-order valence-electron chi connectivity index (χ1n) is 7.28. The van der Waals surface area contributed by atoms with Gasteiger partial charge in [0.05, 0.1) is 7.11 Å². The number of hydrogen-bond donors (Lipinski definition) is 1. The van der Waals surface area contributed by atoms with E-state index in [1.807, 2.05) is 30.3 Å². The van der Waals surface area contributed by atoms with Crippen molar-refractivity contribution in [3.63, 3.8) is 0 Å². The first kappa shape index (κ1) is 15.7. The molecule has 0 fully saturated rings. The summed E-state index contributed by atoms with van der Waals surface area (Å²) in [5.74, 6) is 0.746. The molecule has 2 aromatic rings. The molecule has 2 aromatic carbocycles. The molecule has 0 aliphatic carbocycles. The number of aliphatic imine (C=N–C) groups is 1. The van der Waals surface area contributed by atoms with Gasteiger partial charge in [-0.25, -0.2) is 9.38 Å². The zero-order chi connectivity index (χ0) is 16.9. The number of amidine groups is 1. The molecule has 1 N–H and O–H groups in total. The van der Waals surface area contributed by atoms with Crippen LogP contribution in [-0.4, -0.2) is 25.5 Å². The zero-order valence-corrected chi connectivity index (χ0v) is 13.0. The minimum Gasteiger partial charge on any atom is -0.496 e. The van der Waals surface area contributed by atoms with Crippen LogP contribution in [0, 0.1) is 5.82 Å². The summed E-state index contributed by atoms with van der Waals surface area (Å²) >= 11 is 0. The van der Waals surface area contributed by atoms with Gasteiger partial charge in [-0.2, -0.15) is 0 Å². The van der Waals surface area contributed by atoms with Crippen molar-refractivity contribution < 1.29 is 18.7 Å². The number of amides is 1. The van der Waals surface area contributed by atoms with Gasteiger partial charge < -0.3 is 14.8 Å². The number of ether oxygens (including phenoxy) is 2. The Labute approximate surface area is 138 Å². The molecular formula is C18H15FN2O3. The Morgan fingerprint density at radius 2 is 2.00 bits per heavy atom. The fraction of sp³-hybridized carbons (Fsp3) is 0.111. The second kappa shape index (κ2) is 6.95. The number of rotatable bonds is 5. The average molecular weight is 326 g/mol. The molecule has 1 aliphatic rings. The third kappa shape index (κ3) is 3.60. The van der Waals surface area contributed by atoms with Crippen molar-refractivity contribution in [3.8, 4) is 11.5 Å². The lowest BCUT2D eigenvalue weighted by Gasteiger charge is -2.04. The van der Waals surface area contributed by atoms with Gasteiger partial charge in [-0.3, -0.25) is 4.79 Å². The quantitative estimate of drug-likeness (QED) is 0.860. The Balaban J connectivity index is 1.78. The van der Waals surface area contributed by atoms with E-state index in [1.54, 1.807) is 0 Å². The fourth-order valence-corrected chi connectivity index (χ4v) is 2.22. The molecule has 6 heteroatoms. The lowest BCUT2D eigenvalue weighted by atomic mass is 10.1. The average Bonchev–Trinajstić information content (AvgIpc) is 2.94. The summed E-state index contributed by atoms with van der Waals surface area (Å²) in [6.45, 7) is 0.132. The van der Waals surface area contributed by atoms with Crippen LogP contribution in [-0.2, 0) is 4.79 Å². The van der Waals surface area contributed by atoms with Crippen LogP contribution in [0.25, 0.3) is 6.08 Å². The molecular weight excluding hydrogens is 311 g/mol. The number of para-hydroxylation sites is 1. The number of hydrogen-bond acceptors (Lipinski definition) is 4. The van der Waals surface area contributed by atoms with Crippen LogP contribution in [0.2, 0.25) is 0 Å². The lowest BCUT2D eigenvalue weighted by Crippen LogP contribution is -2.28. The van der Waals surface area contributed by atoms with E-state index in [-0.39, 0.29) is 18.2 Å². The summed E-state index contributed by atoms with van der Waals surface area (Å²) in [5, 5.41) is 2.63. The molecule has 1 amide bonds. The molecule has 1 heterocycles. The Bertz CT molecular complexity index is 816. The van der Waals surface area contributed by atoms with Gasteiger partial charge in [0.15, 0.2) is 0 Å². The van der Waals surface area contributed by atoms with Gasteiger partial charge in [-0.05, 0) is 36.4 Å². The minimum absolute atomic E-state index is 0.132. The van der Waals surface area contributed by atoms with E-state index >= 15 is 0 Å². The summed E-state index contributed by atoms with van der Waals surface area (Å²) in [5.41, 5.74) is 0.613. The van der Waals surface area contributed by atoms with Gasteiger partial charge in [-0.1, -0.05) is 18.2 Å². The predicted molar refractivity (Wildman–Crippen MR) is 88.4 cm³/mol. The Kier molecular flexibility index (Phi) is 4.56. The molecule has 0 spiro atoms. The monoisotopic (exact) mass is 326 g/mol. The first-order chi connectivity index (χ1) is 11.7. The highest BCUT2D eigenvalue weighted by Gasteiger charge is 2.21. The molecule has 5 nitrogen and oxygen atoms in total. The normalized spacial score (nSPS) is 15.2. The summed E-state index contributed by atoms with van der Waals surface area (Å²) in [7, 11) is 1.48. The highest BCUT2D eigenvalue weighted by atomic mass is 19.1. The zero-order valence-electron chi connectivity index (χ0n) is 13.0. The van der Waals surface area contributed by atoms with E-state index in [0.717, 1.165) is 0 Å². The van der Waals surface area contributed by atoms with E-state index < -0.39 is 5.82 Å². The number of halogens is 1. The van der Waals surface area contributed by atoms with Crippen LogP contribution >= 0.6 is 0 Å². The molecule has 0 unspecified atom stereocenters. The second-order valence-corrected chi connectivity index (χ2v) is 5.03. The highest BCUT2D eigenvalue weighted by molar-refractivity contribution is 6.14. The van der Waals surface area contributed by atoms with Gasteiger partial charge in [0.1, 0.15) is 35.5 Å². The van der Waals surface area contributed by atoms with E-state index in [0.29, 0.717) is 22.9 Å². The van der Waals surface area contributed by atoms with E-state index in [1.165, 1.54) is 31.4 Å². The van der Waals surface area contributed by atoms with Crippen molar-refractivity contribution in [2.24, 2.45) is 4.99 Å². The standard InChI is InChI=1S/C18H15FN2O3/c1-23-16-8-7-13(19)9-12(16)10-15-18(22)21-17(20-15)11-24-14-5-3-2-4-6-14/h2-10H,11H2,1H3,(H,20,21,22)/b15-10+. The van der Waals surface area contributed by atoms with Crippen molar-refractivity contribution in [2.75, 3.05) is 13.7 Å². The highest BCUT2D eigenvalue weighted by Crippen LogP contribution is 2.23. The predicted octanol–water partition coefficient (Wildman–Crippen LogP) is 2.78. The maximum Gasteiger partial charge on any atom is 0.275 e. The van der Waals surface area contributed by atoms with Crippen LogP contribution < -0.4 is 14.8 Å². The van der Waals surface area contributed by atoms with Crippen LogP contribution in [0.15, 0.2) is 59.2 Å². The maximum atomic E-state index is 13.4. The first-order valence-corrected chi connectivity index (χ1v) is 7.28. The maximum absolute atomic E-state index is 13.4. The van der Waals surface area contributed by atoms with Crippen LogP contribution in [0.1, 0.15) is 5.56 Å². The van der Waals surface area contributed by atoms with Gasteiger partial charge in [0.2, 0.25) is 0 Å². The molecule has 3 rings (SSSR count). The number of nitrogens with zero attached hydrogens (tertiary/aromatic N) is 1. The van der Waals surface area contributed by atoms with Gasteiger partial charge in [-0.15, -0.1) is 0 Å². The number of nitrogens with one attached hydrogen (secondary N) is 1. The summed E-state index contributed by atoms with van der Waals surface area (Å²) in [6.07, 6.45) is 1.48. The molecule has 24 heavy (non-hydrogen) atoms. The molecule has 0 aromatic heterocycles. The van der Waals surface area contributed by atoms with Crippen molar-refractivity contribution in [2.45, 2.75) is 0 Å². The summed E-state index contributed by atoms with van der Waals surface area (Å²) in [4.78, 5) is 16.2. The van der Waals surface area contributed by atoms with E-state index in [9.17, 15) is 9.18 Å². The largest absolute Gasteiger partial charge is 0.496 e. The number of carbonyl (C=O) groups excluding carboxylic acids is 1. The third-order valence-electron chi connectivity index (χ3n) is 3.35. The Morgan fingerprint density at radius 3 is 2.75 bits per heavy atom. The van der Waals surface area contributed by atoms with Crippen LogP contribution in [0.3, 0.4) is 0 Å². The minimum atomic E-state index is -0.419. The molecule has 0 saturated carbocycles. The lowest BCUT2D eigenvalue weighted by molar-refractivity contribution is -0.115. The Morgan fingerprint density at radius 1 is 1.21 bits per heavy atom. The fourth-order valence-electron chi connectivity index (χ4n) is 2.22. The number of methoxy groups -OCH3 is 1. The number of carbonyl (C=O) groups is 1. The van der Waals surface area contributed by atoms with E-state index in [4.69, 9.17) is 9.47 Å². The number of benzene rings is 2. The SMILES string of the molecule is COc1ccc(F)cc1/C=C1/N=C(COc2ccccc2)NC1=O. The summed E-state index contributed by atoms with van der Waals surface area (Å²) in [6, 6.07) is 13.3. The Hall–Kier alpha value is -3.15. The topological polar surface area (TPSA) is 59.9 Å². The van der Waals surface area contributed by atoms with Crippen molar-refractivity contribution in [1.29, 1.82) is 0 Å². The molecule has 1 aliphatic heterocycles.